The SMILES string of the molecule is O=P(O)(O)OCCCCCCC(F)(F)F. The number of halogens is 3. The normalized spacial score (nSPS) is 13.1. The summed E-state index contributed by atoms with van der Waals surface area (Å²) in [6, 6.07) is 0. The minimum absolute atomic E-state index is 0.0411. The maximum Gasteiger partial charge on any atom is 0.469 e. The number of alkyl halides is 3. The standard InChI is InChI=1S/C7H14F3O4P/c8-7(9,10)5-3-1-2-4-6-14-15(11,12)13/h1-6H2,(H2,11,12,13). The van der Waals surface area contributed by atoms with Gasteiger partial charge in [0.15, 0.2) is 0 Å². The second-order valence-corrected chi connectivity index (χ2v) is 4.34. The van der Waals surface area contributed by atoms with Gasteiger partial charge < -0.3 is 9.79 Å². The van der Waals surface area contributed by atoms with Crippen molar-refractivity contribution in [2.24, 2.45) is 0 Å². The van der Waals surface area contributed by atoms with Crippen molar-refractivity contribution in [3.63, 3.8) is 0 Å². The Balaban J connectivity index is 3.23. The molecular formula is C7H14F3O4P. The number of unbranched alkanes of at least 4 members (excludes halogenated alkanes) is 3. The van der Waals surface area contributed by atoms with Crippen LogP contribution in [0.5, 0.6) is 0 Å². The number of phosphoric acid groups is 1. The predicted molar refractivity (Wildman–Crippen MR) is 47.1 cm³/mol. The quantitative estimate of drug-likeness (QED) is 0.538. The lowest BCUT2D eigenvalue weighted by atomic mass is 10.1. The molecule has 0 atom stereocenters. The molecule has 0 unspecified atom stereocenters. The van der Waals surface area contributed by atoms with E-state index in [-0.39, 0.29) is 13.0 Å². The fourth-order valence-electron chi connectivity index (χ4n) is 0.965. The Morgan fingerprint density at radius 3 is 2.07 bits per heavy atom. The van der Waals surface area contributed by atoms with Crippen LogP contribution in [0.2, 0.25) is 0 Å². The first kappa shape index (κ1) is 14.9. The predicted octanol–water partition coefficient (Wildman–Crippen LogP) is 2.61. The van der Waals surface area contributed by atoms with Gasteiger partial charge >= 0.3 is 14.0 Å². The summed E-state index contributed by atoms with van der Waals surface area (Å²) in [5, 5.41) is 0. The van der Waals surface area contributed by atoms with Crippen molar-refractivity contribution in [1.29, 1.82) is 0 Å². The molecule has 0 aromatic carbocycles. The Labute approximate surface area is 85.7 Å². The molecule has 92 valence electrons. The van der Waals surface area contributed by atoms with Crippen molar-refractivity contribution >= 4 is 7.82 Å². The van der Waals surface area contributed by atoms with Gasteiger partial charge in [0.05, 0.1) is 6.61 Å². The first-order valence-electron chi connectivity index (χ1n) is 4.47. The van der Waals surface area contributed by atoms with Crippen molar-refractivity contribution in [2.75, 3.05) is 6.61 Å². The summed E-state index contributed by atoms with van der Waals surface area (Å²) in [6.45, 7) is -0.129. The third-order valence-electron chi connectivity index (χ3n) is 1.61. The van der Waals surface area contributed by atoms with Gasteiger partial charge in [-0.3, -0.25) is 4.52 Å². The molecule has 0 spiro atoms. The summed E-state index contributed by atoms with van der Waals surface area (Å²) in [5.41, 5.74) is 0. The summed E-state index contributed by atoms with van der Waals surface area (Å²) in [6.07, 6.45) is -3.70. The van der Waals surface area contributed by atoms with Crippen molar-refractivity contribution in [2.45, 2.75) is 38.3 Å². The van der Waals surface area contributed by atoms with Crippen LogP contribution in [0.3, 0.4) is 0 Å². The molecule has 4 nitrogen and oxygen atoms in total. The maximum absolute atomic E-state index is 11.7. The third kappa shape index (κ3) is 13.9. The molecule has 0 fully saturated rings. The highest BCUT2D eigenvalue weighted by atomic mass is 31.2. The monoisotopic (exact) mass is 250 g/mol. The van der Waals surface area contributed by atoms with E-state index in [1.165, 1.54) is 0 Å². The van der Waals surface area contributed by atoms with Crippen LogP contribution < -0.4 is 0 Å². The molecule has 0 amide bonds. The topological polar surface area (TPSA) is 66.8 Å². The average molecular weight is 250 g/mol. The van der Waals surface area contributed by atoms with E-state index < -0.39 is 20.4 Å². The van der Waals surface area contributed by atoms with Crippen LogP contribution in [0.4, 0.5) is 13.2 Å². The first-order valence-corrected chi connectivity index (χ1v) is 6.00. The van der Waals surface area contributed by atoms with E-state index in [1.54, 1.807) is 0 Å². The smallest absolute Gasteiger partial charge is 0.303 e. The first-order chi connectivity index (χ1) is 6.71. The number of rotatable bonds is 7. The third-order valence-corrected chi connectivity index (χ3v) is 2.13. The van der Waals surface area contributed by atoms with E-state index in [4.69, 9.17) is 9.79 Å². The van der Waals surface area contributed by atoms with Crippen molar-refractivity contribution in [1.82, 2.24) is 0 Å². The Hall–Kier alpha value is -0.100. The van der Waals surface area contributed by atoms with Crippen molar-refractivity contribution in [3.05, 3.63) is 0 Å². The van der Waals surface area contributed by atoms with Gasteiger partial charge in [-0.25, -0.2) is 4.57 Å². The summed E-state index contributed by atoms with van der Waals surface area (Å²) < 4.78 is 49.3. The summed E-state index contributed by atoms with van der Waals surface area (Å²) in [7, 11) is -4.43. The van der Waals surface area contributed by atoms with E-state index >= 15 is 0 Å². The van der Waals surface area contributed by atoms with E-state index in [9.17, 15) is 17.7 Å². The van der Waals surface area contributed by atoms with Gasteiger partial charge in [-0.05, 0) is 12.8 Å². The molecule has 0 aromatic rings. The van der Waals surface area contributed by atoms with Crippen LogP contribution in [-0.4, -0.2) is 22.6 Å². The second-order valence-electron chi connectivity index (χ2n) is 3.10. The van der Waals surface area contributed by atoms with E-state index in [2.05, 4.69) is 4.52 Å². The van der Waals surface area contributed by atoms with Crippen LogP contribution in [-0.2, 0) is 9.09 Å². The van der Waals surface area contributed by atoms with Crippen LogP contribution >= 0.6 is 7.82 Å². The minimum Gasteiger partial charge on any atom is -0.303 e. The van der Waals surface area contributed by atoms with Gasteiger partial charge in [0.2, 0.25) is 0 Å². The lowest BCUT2D eigenvalue weighted by molar-refractivity contribution is -0.135. The van der Waals surface area contributed by atoms with Crippen LogP contribution in [0.1, 0.15) is 32.1 Å². The fraction of sp³-hybridized carbons (Fsp3) is 1.00. The highest BCUT2D eigenvalue weighted by Gasteiger charge is 2.25. The Morgan fingerprint density at radius 2 is 1.60 bits per heavy atom. The molecule has 0 saturated carbocycles. The average Bonchev–Trinajstić information content (AvgIpc) is 1.98. The number of phosphoric ester groups is 1. The van der Waals surface area contributed by atoms with Crippen LogP contribution in [0.15, 0.2) is 0 Å². The lowest BCUT2D eigenvalue weighted by Crippen LogP contribution is -2.06. The van der Waals surface area contributed by atoms with Gasteiger partial charge in [0.25, 0.3) is 0 Å². The molecule has 0 heterocycles. The Kier molecular flexibility index (Phi) is 6.43. The van der Waals surface area contributed by atoms with Crippen LogP contribution in [0.25, 0.3) is 0 Å². The molecule has 0 radical (unpaired) electrons. The molecule has 0 aliphatic rings. The van der Waals surface area contributed by atoms with Crippen LogP contribution in [0, 0.1) is 0 Å². The highest BCUT2D eigenvalue weighted by molar-refractivity contribution is 7.46. The van der Waals surface area contributed by atoms with Gasteiger partial charge in [0.1, 0.15) is 0 Å². The lowest BCUT2D eigenvalue weighted by Gasteiger charge is -2.06. The van der Waals surface area contributed by atoms with E-state index in [0.29, 0.717) is 19.3 Å². The largest absolute Gasteiger partial charge is 0.469 e. The van der Waals surface area contributed by atoms with Gasteiger partial charge in [-0.1, -0.05) is 12.8 Å². The summed E-state index contributed by atoms with van der Waals surface area (Å²) in [5.74, 6) is 0. The van der Waals surface area contributed by atoms with Gasteiger partial charge in [0, 0.05) is 6.42 Å². The van der Waals surface area contributed by atoms with E-state index in [1.807, 2.05) is 0 Å². The highest BCUT2D eigenvalue weighted by Crippen LogP contribution is 2.35. The molecular weight excluding hydrogens is 236 g/mol. The second kappa shape index (κ2) is 6.48. The minimum atomic E-state index is -4.43. The van der Waals surface area contributed by atoms with Gasteiger partial charge in [-0.2, -0.15) is 13.2 Å². The molecule has 8 heteroatoms. The molecule has 0 aromatic heterocycles. The zero-order valence-electron chi connectivity index (χ0n) is 8.03. The van der Waals surface area contributed by atoms with Crippen molar-refractivity contribution < 1.29 is 32.0 Å². The molecule has 0 saturated heterocycles. The zero-order valence-corrected chi connectivity index (χ0v) is 8.93. The van der Waals surface area contributed by atoms with E-state index in [0.717, 1.165) is 0 Å². The summed E-state index contributed by atoms with van der Waals surface area (Å²) >= 11 is 0. The maximum atomic E-state index is 11.7. The number of hydrogen-bond acceptors (Lipinski definition) is 2. The molecule has 15 heavy (non-hydrogen) atoms. The number of hydrogen-bond donors (Lipinski definition) is 2. The zero-order chi connectivity index (χ0) is 11.9. The van der Waals surface area contributed by atoms with Gasteiger partial charge in [-0.15, -0.1) is 0 Å². The molecule has 0 aliphatic carbocycles. The Morgan fingerprint density at radius 1 is 1.07 bits per heavy atom. The Bertz CT molecular complexity index is 213. The molecule has 0 rings (SSSR count). The van der Waals surface area contributed by atoms with Crippen molar-refractivity contribution in [3.8, 4) is 0 Å². The summed E-state index contributed by atoms with van der Waals surface area (Å²) in [4.78, 5) is 16.5. The molecule has 0 bridgehead atoms. The molecule has 2 N–H and O–H groups in total. The fourth-order valence-corrected chi connectivity index (χ4v) is 1.33. The molecule has 0 aliphatic heterocycles.